The van der Waals surface area contributed by atoms with Crippen LogP contribution in [0.1, 0.15) is 11.3 Å². The van der Waals surface area contributed by atoms with Crippen molar-refractivity contribution < 1.29 is 14.3 Å². The molecule has 0 atom stereocenters. The number of aryl methyl sites for hydroxylation is 1. The number of rotatable bonds is 7. The summed E-state index contributed by atoms with van der Waals surface area (Å²) >= 11 is 1.08. The van der Waals surface area contributed by atoms with E-state index in [0.717, 1.165) is 22.6 Å². The standard InChI is InChI=1S/C19H19N3O4S/c1-13-12-27-19(24)22(13)10-18(23)21-15-5-6-16(25-2)17(8-15)26-11-14-4-3-7-20-9-14/h3-9,12H,10-11H2,1-2H3,(H,21,23). The Morgan fingerprint density at radius 2 is 2.15 bits per heavy atom. The molecule has 2 aromatic heterocycles. The SMILES string of the molecule is COc1ccc(NC(=O)Cn2c(C)csc2=O)cc1OCc1cccnc1. The third-order valence-corrected chi connectivity index (χ3v) is 4.72. The second-order valence-electron chi connectivity index (χ2n) is 5.79. The van der Waals surface area contributed by atoms with Gasteiger partial charge >= 0.3 is 4.87 Å². The number of hydrogen-bond acceptors (Lipinski definition) is 6. The fraction of sp³-hybridized carbons (Fsp3) is 0.211. The fourth-order valence-electron chi connectivity index (χ4n) is 2.45. The van der Waals surface area contributed by atoms with Crippen molar-refractivity contribution in [3.63, 3.8) is 0 Å². The molecule has 1 amide bonds. The van der Waals surface area contributed by atoms with E-state index in [-0.39, 0.29) is 17.3 Å². The van der Waals surface area contributed by atoms with Gasteiger partial charge in [0, 0.05) is 40.8 Å². The molecular weight excluding hydrogens is 366 g/mol. The summed E-state index contributed by atoms with van der Waals surface area (Å²) in [5.74, 6) is 0.770. The van der Waals surface area contributed by atoms with Crippen molar-refractivity contribution >= 4 is 22.9 Å². The molecule has 0 aliphatic heterocycles. The molecule has 3 aromatic rings. The average Bonchev–Trinajstić information content (AvgIpc) is 2.99. The molecule has 2 heterocycles. The molecule has 0 bridgehead atoms. The lowest BCUT2D eigenvalue weighted by Gasteiger charge is -2.13. The molecule has 8 heteroatoms. The maximum atomic E-state index is 12.3. The van der Waals surface area contributed by atoms with Gasteiger partial charge in [0.2, 0.25) is 5.91 Å². The van der Waals surface area contributed by atoms with Crippen LogP contribution >= 0.6 is 11.3 Å². The Kier molecular flexibility index (Phi) is 5.87. The summed E-state index contributed by atoms with van der Waals surface area (Å²) in [7, 11) is 1.55. The normalized spacial score (nSPS) is 10.4. The third-order valence-electron chi connectivity index (χ3n) is 3.84. The lowest BCUT2D eigenvalue weighted by molar-refractivity contribution is -0.116. The molecule has 0 saturated carbocycles. The first-order valence-corrected chi connectivity index (χ1v) is 9.09. The van der Waals surface area contributed by atoms with Gasteiger partial charge in [0.15, 0.2) is 11.5 Å². The number of thiazole rings is 1. The van der Waals surface area contributed by atoms with Crippen LogP contribution in [0.3, 0.4) is 0 Å². The monoisotopic (exact) mass is 385 g/mol. The molecule has 0 unspecified atom stereocenters. The van der Waals surface area contributed by atoms with E-state index in [1.807, 2.05) is 12.1 Å². The Morgan fingerprint density at radius 3 is 2.81 bits per heavy atom. The highest BCUT2D eigenvalue weighted by molar-refractivity contribution is 7.07. The molecule has 3 rings (SSSR count). The molecule has 1 N–H and O–H groups in total. The number of hydrogen-bond donors (Lipinski definition) is 1. The molecular formula is C19H19N3O4S. The Bertz CT molecular complexity index is 982. The predicted octanol–water partition coefficient (Wildman–Crippen LogP) is 2.84. The summed E-state index contributed by atoms with van der Waals surface area (Å²) in [6, 6.07) is 8.87. The first kappa shape index (κ1) is 18.7. The van der Waals surface area contributed by atoms with Gasteiger partial charge in [-0.25, -0.2) is 0 Å². The van der Waals surface area contributed by atoms with Gasteiger partial charge in [-0.05, 0) is 25.1 Å². The average molecular weight is 385 g/mol. The maximum absolute atomic E-state index is 12.3. The number of nitrogens with one attached hydrogen (secondary N) is 1. The number of aromatic nitrogens is 2. The van der Waals surface area contributed by atoms with Crippen LogP contribution in [0.25, 0.3) is 0 Å². The van der Waals surface area contributed by atoms with Crippen molar-refractivity contribution in [1.82, 2.24) is 9.55 Å². The minimum Gasteiger partial charge on any atom is -0.493 e. The number of methoxy groups -OCH3 is 1. The molecule has 0 fully saturated rings. The first-order valence-electron chi connectivity index (χ1n) is 8.21. The number of ether oxygens (including phenoxy) is 2. The van der Waals surface area contributed by atoms with Gasteiger partial charge in [0.1, 0.15) is 13.2 Å². The Morgan fingerprint density at radius 1 is 1.30 bits per heavy atom. The lowest BCUT2D eigenvalue weighted by Crippen LogP contribution is -2.25. The van der Waals surface area contributed by atoms with E-state index in [2.05, 4.69) is 10.3 Å². The smallest absolute Gasteiger partial charge is 0.307 e. The molecule has 140 valence electrons. The Labute approximate surface area is 160 Å². The molecule has 0 aliphatic rings. The summed E-state index contributed by atoms with van der Waals surface area (Å²) in [5, 5.41) is 4.51. The van der Waals surface area contributed by atoms with Crippen LogP contribution < -0.4 is 19.7 Å². The minimum absolute atomic E-state index is 0.0356. The van der Waals surface area contributed by atoms with Crippen molar-refractivity contribution in [2.75, 3.05) is 12.4 Å². The molecule has 0 aliphatic carbocycles. The lowest BCUT2D eigenvalue weighted by atomic mass is 10.2. The highest BCUT2D eigenvalue weighted by Crippen LogP contribution is 2.31. The van der Waals surface area contributed by atoms with Crippen LogP contribution in [0, 0.1) is 6.92 Å². The number of anilines is 1. The summed E-state index contributed by atoms with van der Waals surface area (Å²) < 4.78 is 12.6. The van der Waals surface area contributed by atoms with Gasteiger partial charge < -0.3 is 14.8 Å². The van der Waals surface area contributed by atoms with E-state index in [1.165, 1.54) is 4.57 Å². The van der Waals surface area contributed by atoms with Gasteiger partial charge in [-0.1, -0.05) is 17.4 Å². The fourth-order valence-corrected chi connectivity index (χ4v) is 3.19. The van der Waals surface area contributed by atoms with Crippen LogP contribution in [-0.4, -0.2) is 22.6 Å². The highest BCUT2D eigenvalue weighted by Gasteiger charge is 2.11. The van der Waals surface area contributed by atoms with E-state index in [9.17, 15) is 9.59 Å². The Balaban J connectivity index is 1.70. The van der Waals surface area contributed by atoms with Crippen LogP contribution in [-0.2, 0) is 17.9 Å². The summed E-state index contributed by atoms with van der Waals surface area (Å²) in [5.41, 5.74) is 2.24. The summed E-state index contributed by atoms with van der Waals surface area (Å²) in [6.07, 6.45) is 3.42. The number of amides is 1. The van der Waals surface area contributed by atoms with Gasteiger partial charge in [-0.2, -0.15) is 0 Å². The zero-order valence-corrected chi connectivity index (χ0v) is 15.8. The maximum Gasteiger partial charge on any atom is 0.307 e. The zero-order chi connectivity index (χ0) is 19.2. The van der Waals surface area contributed by atoms with Crippen molar-refractivity contribution in [2.24, 2.45) is 0 Å². The topological polar surface area (TPSA) is 82.5 Å². The molecule has 0 radical (unpaired) electrons. The van der Waals surface area contributed by atoms with E-state index in [1.54, 1.807) is 50.0 Å². The predicted molar refractivity (Wildman–Crippen MR) is 104 cm³/mol. The summed E-state index contributed by atoms with van der Waals surface area (Å²) in [6.45, 7) is 2.08. The molecule has 7 nitrogen and oxygen atoms in total. The van der Waals surface area contributed by atoms with Crippen molar-refractivity contribution in [3.05, 3.63) is 69.0 Å². The minimum atomic E-state index is -0.290. The van der Waals surface area contributed by atoms with Crippen LogP contribution in [0.4, 0.5) is 5.69 Å². The molecule has 27 heavy (non-hydrogen) atoms. The second kappa shape index (κ2) is 8.50. The molecule has 0 spiro atoms. The first-order chi connectivity index (χ1) is 13.1. The van der Waals surface area contributed by atoms with Crippen molar-refractivity contribution in [2.45, 2.75) is 20.1 Å². The van der Waals surface area contributed by atoms with Gasteiger partial charge in [0.05, 0.1) is 7.11 Å². The van der Waals surface area contributed by atoms with Crippen molar-refractivity contribution in [3.8, 4) is 11.5 Å². The number of carbonyl (C=O) groups is 1. The molecule has 1 aromatic carbocycles. The van der Waals surface area contributed by atoms with Gasteiger partial charge in [-0.3, -0.25) is 19.1 Å². The highest BCUT2D eigenvalue weighted by atomic mass is 32.1. The van der Waals surface area contributed by atoms with E-state index in [4.69, 9.17) is 9.47 Å². The van der Waals surface area contributed by atoms with Crippen LogP contribution in [0.5, 0.6) is 11.5 Å². The zero-order valence-electron chi connectivity index (χ0n) is 15.0. The Hall–Kier alpha value is -3.13. The largest absolute Gasteiger partial charge is 0.493 e. The quantitative estimate of drug-likeness (QED) is 0.676. The van der Waals surface area contributed by atoms with Gasteiger partial charge in [0.25, 0.3) is 0 Å². The number of pyridine rings is 1. The van der Waals surface area contributed by atoms with E-state index < -0.39 is 0 Å². The number of carbonyl (C=O) groups excluding carboxylic acids is 1. The van der Waals surface area contributed by atoms with Crippen LogP contribution in [0.15, 0.2) is 52.9 Å². The van der Waals surface area contributed by atoms with Crippen LogP contribution in [0.2, 0.25) is 0 Å². The second-order valence-corrected chi connectivity index (χ2v) is 6.61. The number of benzene rings is 1. The summed E-state index contributed by atoms with van der Waals surface area (Å²) in [4.78, 5) is 27.9. The molecule has 0 saturated heterocycles. The third kappa shape index (κ3) is 4.73. The van der Waals surface area contributed by atoms with E-state index in [0.29, 0.717) is 23.8 Å². The van der Waals surface area contributed by atoms with Crippen molar-refractivity contribution in [1.29, 1.82) is 0 Å². The number of nitrogens with zero attached hydrogens (tertiary/aromatic N) is 2. The van der Waals surface area contributed by atoms with Gasteiger partial charge in [-0.15, -0.1) is 0 Å². The van der Waals surface area contributed by atoms with E-state index >= 15 is 0 Å².